The van der Waals surface area contributed by atoms with E-state index in [9.17, 15) is 0 Å². The fourth-order valence-electron chi connectivity index (χ4n) is 1.09. The first-order valence-electron chi connectivity index (χ1n) is 4.34. The van der Waals surface area contributed by atoms with Crippen LogP contribution in [0.15, 0.2) is 54.7 Å². The number of pyridine rings is 1. The topological polar surface area (TPSA) is 12.9 Å². The molecule has 0 saturated carbocycles. The van der Waals surface area contributed by atoms with E-state index >= 15 is 0 Å². The molecule has 0 bridgehead atoms. The summed E-state index contributed by atoms with van der Waals surface area (Å²) in [6.45, 7) is 0. The first-order chi connectivity index (χ1) is 6.36. The monoisotopic (exact) mass is 156 g/mol. The Labute approximate surface area is 73.1 Å². The van der Waals surface area contributed by atoms with Crippen molar-refractivity contribution in [3.8, 4) is 11.3 Å². The lowest BCUT2D eigenvalue weighted by atomic mass is 10.1. The minimum Gasteiger partial charge on any atom is -0.256 e. The average molecular weight is 156 g/mol. The summed E-state index contributed by atoms with van der Waals surface area (Å²) < 4.78 is 7.45. The molecule has 0 radical (unpaired) electrons. The smallest absolute Gasteiger partial charge is 0.0701 e. The molecule has 1 aromatic heterocycles. The van der Waals surface area contributed by atoms with Gasteiger partial charge in [-0.2, -0.15) is 0 Å². The second-order valence-corrected chi connectivity index (χ2v) is 2.51. The highest BCUT2D eigenvalue weighted by Crippen LogP contribution is 2.14. The van der Waals surface area contributed by atoms with Crippen LogP contribution in [0.2, 0.25) is 0 Å². The maximum Gasteiger partial charge on any atom is 0.0701 e. The number of aromatic nitrogens is 1. The number of benzene rings is 1. The van der Waals surface area contributed by atoms with E-state index in [0.717, 1.165) is 11.3 Å². The zero-order chi connectivity index (χ0) is 9.10. The SMILES string of the molecule is [2H]c1ccnc(-c2ccccc2)c1. The van der Waals surface area contributed by atoms with Crippen LogP contribution in [0.25, 0.3) is 11.3 Å². The molecular formula is C11H9N. The fraction of sp³-hybridized carbons (Fsp3) is 0. The highest BCUT2D eigenvalue weighted by molar-refractivity contribution is 5.58. The molecule has 0 aliphatic heterocycles. The van der Waals surface area contributed by atoms with Crippen molar-refractivity contribution in [3.05, 3.63) is 54.7 Å². The second kappa shape index (κ2) is 3.18. The molecule has 0 spiro atoms. The van der Waals surface area contributed by atoms with Crippen molar-refractivity contribution in [1.29, 1.82) is 0 Å². The van der Waals surface area contributed by atoms with Crippen LogP contribution in [0.3, 0.4) is 0 Å². The summed E-state index contributed by atoms with van der Waals surface area (Å²) in [5, 5.41) is 0. The molecule has 1 heterocycles. The Bertz CT molecular complexity index is 398. The van der Waals surface area contributed by atoms with E-state index in [2.05, 4.69) is 4.98 Å². The van der Waals surface area contributed by atoms with E-state index in [1.54, 1.807) is 18.3 Å². The summed E-state index contributed by atoms with van der Waals surface area (Å²) in [6, 6.07) is 13.8. The summed E-state index contributed by atoms with van der Waals surface area (Å²) in [7, 11) is 0. The van der Waals surface area contributed by atoms with Crippen LogP contribution in [0, 0.1) is 0 Å². The van der Waals surface area contributed by atoms with Gasteiger partial charge in [-0.05, 0) is 12.1 Å². The number of rotatable bonds is 1. The van der Waals surface area contributed by atoms with E-state index in [0.29, 0.717) is 6.04 Å². The zero-order valence-electron chi connectivity index (χ0n) is 7.57. The largest absolute Gasteiger partial charge is 0.256 e. The lowest BCUT2D eigenvalue weighted by Crippen LogP contribution is -1.79. The normalized spacial score (nSPS) is 10.8. The molecule has 0 amide bonds. The van der Waals surface area contributed by atoms with Crippen LogP contribution >= 0.6 is 0 Å². The van der Waals surface area contributed by atoms with Gasteiger partial charge >= 0.3 is 0 Å². The van der Waals surface area contributed by atoms with Crippen LogP contribution < -0.4 is 0 Å². The minimum atomic E-state index is 0.494. The molecule has 0 aliphatic carbocycles. The molecule has 2 rings (SSSR count). The van der Waals surface area contributed by atoms with Gasteiger partial charge in [0.1, 0.15) is 0 Å². The van der Waals surface area contributed by atoms with E-state index in [-0.39, 0.29) is 0 Å². The van der Waals surface area contributed by atoms with Gasteiger partial charge in [0.15, 0.2) is 0 Å². The maximum absolute atomic E-state index is 7.45. The minimum absolute atomic E-state index is 0.494. The highest BCUT2D eigenvalue weighted by atomic mass is 14.7. The van der Waals surface area contributed by atoms with Gasteiger partial charge in [-0.3, -0.25) is 4.98 Å². The van der Waals surface area contributed by atoms with Crippen LogP contribution in [0.4, 0.5) is 0 Å². The fourth-order valence-corrected chi connectivity index (χ4v) is 1.09. The van der Waals surface area contributed by atoms with Gasteiger partial charge in [-0.15, -0.1) is 0 Å². The Morgan fingerprint density at radius 2 is 1.83 bits per heavy atom. The summed E-state index contributed by atoms with van der Waals surface area (Å²) in [4.78, 5) is 4.19. The second-order valence-electron chi connectivity index (χ2n) is 2.51. The Morgan fingerprint density at radius 1 is 1.00 bits per heavy atom. The van der Waals surface area contributed by atoms with E-state index < -0.39 is 0 Å². The lowest BCUT2D eigenvalue weighted by Gasteiger charge is -1.97. The first kappa shape index (κ1) is 5.95. The zero-order valence-corrected chi connectivity index (χ0v) is 6.57. The van der Waals surface area contributed by atoms with Crippen molar-refractivity contribution >= 4 is 0 Å². The van der Waals surface area contributed by atoms with Crippen molar-refractivity contribution in [2.24, 2.45) is 0 Å². The van der Waals surface area contributed by atoms with Crippen molar-refractivity contribution in [1.82, 2.24) is 4.98 Å². The Kier molecular flexibility index (Phi) is 1.58. The number of hydrogen-bond acceptors (Lipinski definition) is 1. The van der Waals surface area contributed by atoms with E-state index in [1.807, 2.05) is 30.3 Å². The molecule has 12 heavy (non-hydrogen) atoms. The Morgan fingerprint density at radius 3 is 2.58 bits per heavy atom. The number of hydrogen-bond donors (Lipinski definition) is 0. The molecule has 1 nitrogen and oxygen atoms in total. The molecule has 0 saturated heterocycles. The predicted molar refractivity (Wildman–Crippen MR) is 49.7 cm³/mol. The van der Waals surface area contributed by atoms with Crippen LogP contribution in [-0.2, 0) is 0 Å². The molecule has 2 aromatic rings. The van der Waals surface area contributed by atoms with Crippen molar-refractivity contribution in [2.75, 3.05) is 0 Å². The van der Waals surface area contributed by atoms with Crippen LogP contribution in [-0.4, -0.2) is 4.98 Å². The van der Waals surface area contributed by atoms with Gasteiger partial charge in [0.25, 0.3) is 0 Å². The van der Waals surface area contributed by atoms with Crippen LogP contribution in [0.5, 0.6) is 0 Å². The maximum atomic E-state index is 7.45. The van der Waals surface area contributed by atoms with Crippen molar-refractivity contribution < 1.29 is 1.37 Å². The molecule has 58 valence electrons. The third-order valence-electron chi connectivity index (χ3n) is 1.67. The Hall–Kier alpha value is -1.63. The lowest BCUT2D eigenvalue weighted by molar-refractivity contribution is 1.33. The number of nitrogens with zero attached hydrogens (tertiary/aromatic N) is 1. The molecule has 0 N–H and O–H groups in total. The summed E-state index contributed by atoms with van der Waals surface area (Å²) >= 11 is 0. The Balaban J connectivity index is 2.48. The summed E-state index contributed by atoms with van der Waals surface area (Å²) in [5.74, 6) is 0. The molecule has 0 atom stereocenters. The van der Waals surface area contributed by atoms with Gasteiger partial charge in [0.05, 0.1) is 7.06 Å². The van der Waals surface area contributed by atoms with Crippen LogP contribution in [0.1, 0.15) is 1.37 Å². The molecule has 0 aliphatic rings. The predicted octanol–water partition coefficient (Wildman–Crippen LogP) is 2.75. The molecular weight excluding hydrogens is 146 g/mol. The van der Waals surface area contributed by atoms with Crippen molar-refractivity contribution in [2.45, 2.75) is 0 Å². The first-order valence-corrected chi connectivity index (χ1v) is 3.84. The van der Waals surface area contributed by atoms with Gasteiger partial charge in [0.2, 0.25) is 0 Å². The van der Waals surface area contributed by atoms with Gasteiger partial charge < -0.3 is 0 Å². The molecule has 0 unspecified atom stereocenters. The molecule has 1 aromatic carbocycles. The third-order valence-corrected chi connectivity index (χ3v) is 1.67. The van der Waals surface area contributed by atoms with E-state index in [4.69, 9.17) is 1.37 Å². The van der Waals surface area contributed by atoms with Crippen molar-refractivity contribution in [3.63, 3.8) is 0 Å². The molecule has 0 fully saturated rings. The van der Waals surface area contributed by atoms with Gasteiger partial charge in [-0.25, -0.2) is 0 Å². The third kappa shape index (κ3) is 1.35. The van der Waals surface area contributed by atoms with Gasteiger partial charge in [-0.1, -0.05) is 36.4 Å². The summed E-state index contributed by atoms with van der Waals surface area (Å²) in [6.07, 6.45) is 1.66. The molecule has 1 heteroatoms. The standard InChI is InChI=1S/C11H9N/c1-2-6-10(7-3-1)11-8-4-5-9-12-11/h1-9H/i4D. The summed E-state index contributed by atoms with van der Waals surface area (Å²) in [5.41, 5.74) is 1.91. The van der Waals surface area contributed by atoms with E-state index in [1.165, 1.54) is 0 Å². The van der Waals surface area contributed by atoms with Gasteiger partial charge in [0, 0.05) is 11.8 Å². The quantitative estimate of drug-likeness (QED) is 0.618. The highest BCUT2D eigenvalue weighted by Gasteiger charge is 1.93. The average Bonchev–Trinajstić information content (AvgIpc) is 2.19.